The molecular weight excluding hydrogens is 370 g/mol. The molecule has 28 heavy (non-hydrogen) atoms. The lowest BCUT2D eigenvalue weighted by molar-refractivity contribution is -0.138. The fraction of sp³-hybridized carbons (Fsp3) is 0.389. The van der Waals surface area contributed by atoms with Crippen LogP contribution in [-0.4, -0.2) is 68.0 Å². The lowest BCUT2D eigenvalue weighted by Crippen LogP contribution is -2.07. The highest BCUT2D eigenvalue weighted by Gasteiger charge is 2.01. The third-order valence-electron chi connectivity index (χ3n) is 2.53. The van der Waals surface area contributed by atoms with Gasteiger partial charge in [-0.1, -0.05) is 19.7 Å². The van der Waals surface area contributed by atoms with Crippen molar-refractivity contribution in [2.24, 2.45) is 15.0 Å². The van der Waals surface area contributed by atoms with Gasteiger partial charge >= 0.3 is 11.9 Å². The molecule has 0 amide bonds. The van der Waals surface area contributed by atoms with Crippen LogP contribution in [-0.2, 0) is 28.7 Å². The predicted molar refractivity (Wildman–Crippen MR) is 102 cm³/mol. The number of carbonyl (C=O) groups excluding carboxylic acids is 3. The van der Waals surface area contributed by atoms with Crippen LogP contribution in [0, 0.1) is 0 Å². The number of esters is 1. The summed E-state index contributed by atoms with van der Waals surface area (Å²) in [7, 11) is 0. The Balaban J connectivity index is 0. The monoisotopic (exact) mass is 393 g/mol. The van der Waals surface area contributed by atoms with E-state index in [9.17, 15) is 19.2 Å². The summed E-state index contributed by atoms with van der Waals surface area (Å²) in [6.45, 7) is 13.6. The Labute approximate surface area is 162 Å². The van der Waals surface area contributed by atoms with Crippen molar-refractivity contribution in [3.63, 3.8) is 0 Å². The van der Waals surface area contributed by atoms with Gasteiger partial charge in [0, 0.05) is 11.1 Å². The molecule has 1 aliphatic heterocycles. The van der Waals surface area contributed by atoms with Crippen LogP contribution in [0.2, 0.25) is 0 Å². The molecule has 0 aromatic heterocycles. The lowest BCUT2D eigenvalue weighted by Gasteiger charge is -1.99. The van der Waals surface area contributed by atoms with Crippen molar-refractivity contribution < 1.29 is 33.8 Å². The molecule has 0 spiro atoms. The van der Waals surface area contributed by atoms with Gasteiger partial charge in [0.05, 0.1) is 19.6 Å². The largest absolute Gasteiger partial charge is 0.478 e. The summed E-state index contributed by atoms with van der Waals surface area (Å²) in [6.07, 6.45) is 4.45. The van der Waals surface area contributed by atoms with Crippen LogP contribution in [0.1, 0.15) is 13.3 Å². The Morgan fingerprint density at radius 2 is 1.89 bits per heavy atom. The predicted octanol–water partition coefficient (Wildman–Crippen LogP) is 1.40. The molecule has 0 atom stereocenters. The molecule has 152 valence electrons. The molecule has 0 fully saturated rings. The molecule has 0 aromatic carbocycles. The van der Waals surface area contributed by atoms with Crippen LogP contribution in [0.4, 0.5) is 0 Å². The Hall–Kier alpha value is -3.61. The molecule has 0 saturated carbocycles. The average molecular weight is 393 g/mol. The molecule has 1 heterocycles. The van der Waals surface area contributed by atoms with Crippen molar-refractivity contribution in [3.05, 3.63) is 37.0 Å². The molecular formula is C18H23N3O7. The highest BCUT2D eigenvalue weighted by Crippen LogP contribution is 1.96. The van der Waals surface area contributed by atoms with Gasteiger partial charge in [-0.2, -0.15) is 0 Å². The Morgan fingerprint density at radius 1 is 1.29 bits per heavy atom. The smallest absolute Gasteiger partial charge is 0.333 e. The zero-order valence-electron chi connectivity index (χ0n) is 15.7. The van der Waals surface area contributed by atoms with E-state index in [-0.39, 0.29) is 31.7 Å². The van der Waals surface area contributed by atoms with E-state index in [1.165, 1.54) is 12.2 Å². The van der Waals surface area contributed by atoms with E-state index in [1.54, 1.807) is 13.0 Å². The summed E-state index contributed by atoms with van der Waals surface area (Å²) >= 11 is 0. The quantitative estimate of drug-likeness (QED) is 0.205. The maximum Gasteiger partial charge on any atom is 0.333 e. The minimum atomic E-state index is -1.05. The number of carboxylic acids is 1. The minimum absolute atomic E-state index is 0.0546. The zero-order valence-corrected chi connectivity index (χ0v) is 15.7. The summed E-state index contributed by atoms with van der Waals surface area (Å²) in [5.74, 6) is -0.841. The number of nitrogens with zero attached hydrogens (tertiary/aromatic N) is 3. The Bertz CT molecular complexity index is 685. The first-order valence-corrected chi connectivity index (χ1v) is 7.90. The maximum absolute atomic E-state index is 10.6. The molecule has 1 rings (SSSR count). The molecule has 10 heteroatoms. The van der Waals surface area contributed by atoms with E-state index in [0.717, 1.165) is 13.2 Å². The van der Waals surface area contributed by atoms with Crippen LogP contribution in [0.5, 0.6) is 0 Å². The molecule has 10 nitrogen and oxygen atoms in total. The van der Waals surface area contributed by atoms with Gasteiger partial charge in [0.2, 0.25) is 18.1 Å². The van der Waals surface area contributed by atoms with Gasteiger partial charge in [-0.3, -0.25) is 0 Å². The second-order valence-corrected chi connectivity index (χ2v) is 4.79. The fourth-order valence-electron chi connectivity index (χ4n) is 1.17. The SMILES string of the molecule is C=C(C)C(=O)OCCN=C=O.C=C(CCN=C=O)C(=O)O.C=CC1=NCCO1. The van der Waals surface area contributed by atoms with Gasteiger partial charge in [0.15, 0.2) is 0 Å². The van der Waals surface area contributed by atoms with E-state index in [4.69, 9.17) is 9.84 Å². The summed E-state index contributed by atoms with van der Waals surface area (Å²) in [5.41, 5.74) is 0.388. The van der Waals surface area contributed by atoms with Gasteiger partial charge < -0.3 is 14.6 Å². The third kappa shape index (κ3) is 17.2. The number of carboxylic acid groups (broad SMARTS) is 1. The molecule has 0 radical (unpaired) electrons. The number of rotatable bonds is 9. The normalized spacial score (nSPS) is 10.5. The van der Waals surface area contributed by atoms with Crippen LogP contribution in [0.15, 0.2) is 51.9 Å². The summed E-state index contributed by atoms with van der Waals surface area (Å²) in [5, 5.41) is 8.24. The van der Waals surface area contributed by atoms with Gasteiger partial charge in [0.25, 0.3) is 0 Å². The molecule has 0 aliphatic carbocycles. The maximum atomic E-state index is 10.6. The molecule has 0 unspecified atom stereocenters. The number of carbonyl (C=O) groups is 2. The third-order valence-corrected chi connectivity index (χ3v) is 2.53. The van der Waals surface area contributed by atoms with Gasteiger partial charge in [-0.25, -0.2) is 34.2 Å². The number of isocyanates is 2. The Morgan fingerprint density at radius 3 is 2.29 bits per heavy atom. The van der Waals surface area contributed by atoms with Crippen LogP contribution < -0.4 is 0 Å². The van der Waals surface area contributed by atoms with Crippen molar-refractivity contribution in [3.8, 4) is 0 Å². The molecule has 1 N–H and O–H groups in total. The van der Waals surface area contributed by atoms with E-state index in [0.29, 0.717) is 11.5 Å². The number of hydrogen-bond acceptors (Lipinski definition) is 9. The van der Waals surface area contributed by atoms with Crippen molar-refractivity contribution in [1.82, 2.24) is 0 Å². The minimum Gasteiger partial charge on any atom is -0.478 e. The first kappa shape index (κ1) is 26.6. The Kier molecular flexibility index (Phi) is 17.3. The number of ether oxygens (including phenoxy) is 2. The fourth-order valence-corrected chi connectivity index (χ4v) is 1.17. The molecule has 0 bridgehead atoms. The lowest BCUT2D eigenvalue weighted by atomic mass is 10.2. The summed E-state index contributed by atoms with van der Waals surface area (Å²) < 4.78 is 9.53. The summed E-state index contributed by atoms with van der Waals surface area (Å²) in [4.78, 5) is 50.0. The van der Waals surface area contributed by atoms with Gasteiger partial charge in [-0.15, -0.1) is 0 Å². The number of aliphatic carboxylic acids is 1. The topological polar surface area (TPSA) is 144 Å². The number of hydrogen-bond donors (Lipinski definition) is 1. The van der Waals surface area contributed by atoms with Crippen molar-refractivity contribution in [1.29, 1.82) is 0 Å². The van der Waals surface area contributed by atoms with Gasteiger partial charge in [-0.05, 0) is 19.4 Å². The standard InChI is InChI=1S/C7H9NO3.C6H7NO3.C5H7NO/c1-6(2)7(10)11-4-3-8-5-9;1-5(6(9)10)2-3-7-4-8;1-2-5-6-3-4-7-5/h1,3-4H2,2H3;1-3H2,(H,9,10);2H,1,3-4H2. The molecule has 0 aromatic rings. The van der Waals surface area contributed by atoms with Gasteiger partial charge in [0.1, 0.15) is 13.2 Å². The highest BCUT2D eigenvalue weighted by atomic mass is 16.5. The second kappa shape index (κ2) is 18.2. The average Bonchev–Trinajstić information content (AvgIpc) is 3.20. The van der Waals surface area contributed by atoms with Crippen LogP contribution >= 0.6 is 0 Å². The second-order valence-electron chi connectivity index (χ2n) is 4.79. The molecule has 1 aliphatic rings. The van der Waals surface area contributed by atoms with Crippen molar-refractivity contribution >= 4 is 30.0 Å². The highest BCUT2D eigenvalue weighted by molar-refractivity contribution is 5.88. The van der Waals surface area contributed by atoms with Crippen molar-refractivity contribution in [2.45, 2.75) is 13.3 Å². The van der Waals surface area contributed by atoms with E-state index in [2.05, 4.69) is 39.5 Å². The summed E-state index contributed by atoms with van der Waals surface area (Å²) in [6, 6.07) is 0. The van der Waals surface area contributed by atoms with E-state index in [1.807, 2.05) is 0 Å². The first-order chi connectivity index (χ1) is 13.3. The van der Waals surface area contributed by atoms with Crippen LogP contribution in [0.25, 0.3) is 0 Å². The molecule has 0 saturated heterocycles. The first-order valence-electron chi connectivity index (χ1n) is 7.90. The van der Waals surface area contributed by atoms with Crippen molar-refractivity contribution in [2.75, 3.05) is 32.8 Å². The zero-order chi connectivity index (χ0) is 21.8. The van der Waals surface area contributed by atoms with E-state index < -0.39 is 11.9 Å². The van der Waals surface area contributed by atoms with E-state index >= 15 is 0 Å². The van der Waals surface area contributed by atoms with Crippen LogP contribution in [0.3, 0.4) is 0 Å². The number of aliphatic imine (C=N–C) groups is 3.